The summed E-state index contributed by atoms with van der Waals surface area (Å²) < 4.78 is 9.96. The number of ether oxygens (including phenoxy) is 2. The summed E-state index contributed by atoms with van der Waals surface area (Å²) in [6, 6.07) is 12.1. The number of benzene rings is 2. The van der Waals surface area contributed by atoms with E-state index in [9.17, 15) is 9.59 Å². The highest BCUT2D eigenvalue weighted by Crippen LogP contribution is 2.20. The first-order valence-corrected chi connectivity index (χ1v) is 7.63. The minimum atomic E-state index is -1.02. The van der Waals surface area contributed by atoms with Crippen LogP contribution in [-0.4, -0.2) is 36.5 Å². The number of methoxy groups -OCH3 is 1. The minimum absolute atomic E-state index is 0.384. The Balaban J connectivity index is 2.09. The van der Waals surface area contributed by atoms with Crippen LogP contribution >= 0.6 is 0 Å². The van der Waals surface area contributed by atoms with Gasteiger partial charge in [0.05, 0.1) is 18.4 Å². The highest BCUT2D eigenvalue weighted by Gasteiger charge is 2.12. The molecule has 0 saturated heterocycles. The van der Waals surface area contributed by atoms with E-state index in [1.54, 1.807) is 48.7 Å². The number of aryl methyl sites for hydroxylation is 1. The van der Waals surface area contributed by atoms with Gasteiger partial charge in [-0.3, -0.25) is 4.99 Å². The fraction of sp³-hybridized carbons (Fsp3) is 0.211. The van der Waals surface area contributed by atoms with E-state index in [0.717, 1.165) is 16.8 Å². The zero-order valence-corrected chi connectivity index (χ0v) is 14.2. The number of carboxylic acids is 1. The van der Waals surface area contributed by atoms with Gasteiger partial charge in [0.2, 0.25) is 0 Å². The maximum atomic E-state index is 11.5. The van der Waals surface area contributed by atoms with Crippen LogP contribution in [0.4, 0.5) is 5.69 Å². The lowest BCUT2D eigenvalue weighted by molar-refractivity contribution is -0.144. The van der Waals surface area contributed by atoms with Crippen molar-refractivity contribution in [3.05, 3.63) is 59.2 Å². The van der Waals surface area contributed by atoms with E-state index in [4.69, 9.17) is 9.84 Å². The van der Waals surface area contributed by atoms with Crippen LogP contribution in [0.5, 0.6) is 5.75 Å². The molecule has 0 aromatic heterocycles. The molecule has 0 unspecified atom stereocenters. The molecule has 0 heterocycles. The number of esters is 1. The van der Waals surface area contributed by atoms with Gasteiger partial charge >= 0.3 is 11.9 Å². The van der Waals surface area contributed by atoms with Gasteiger partial charge in [0.1, 0.15) is 5.75 Å². The van der Waals surface area contributed by atoms with Crippen molar-refractivity contribution in [3.8, 4) is 5.75 Å². The summed E-state index contributed by atoms with van der Waals surface area (Å²) in [5.41, 5.74) is 2.92. The van der Waals surface area contributed by atoms with Crippen molar-refractivity contribution in [2.75, 3.05) is 7.11 Å². The molecule has 0 fully saturated rings. The fourth-order valence-electron chi connectivity index (χ4n) is 2.08. The zero-order valence-electron chi connectivity index (χ0n) is 14.2. The summed E-state index contributed by atoms with van der Waals surface area (Å²) in [6.07, 6.45) is 0.778. The van der Waals surface area contributed by atoms with Gasteiger partial charge in [0.25, 0.3) is 0 Å². The smallest absolute Gasteiger partial charge is 0.344 e. The van der Waals surface area contributed by atoms with Gasteiger partial charge in [-0.05, 0) is 67.4 Å². The van der Waals surface area contributed by atoms with E-state index in [-0.39, 0.29) is 5.97 Å². The molecule has 6 nitrogen and oxygen atoms in total. The molecular weight excluding hydrogens is 322 g/mol. The van der Waals surface area contributed by atoms with Crippen LogP contribution < -0.4 is 4.74 Å². The van der Waals surface area contributed by atoms with Crippen molar-refractivity contribution < 1.29 is 24.2 Å². The SMILES string of the molecule is COC(=O)c1ccc(N=Cc2ccc(O[C@H](C)C(=O)O)cc2)c(C)c1. The number of rotatable bonds is 6. The Bertz CT molecular complexity index is 796. The molecule has 2 rings (SSSR count). The van der Waals surface area contributed by atoms with Gasteiger partial charge in [0.15, 0.2) is 6.10 Å². The van der Waals surface area contributed by atoms with Gasteiger partial charge in [-0.15, -0.1) is 0 Å². The lowest BCUT2D eigenvalue weighted by Gasteiger charge is -2.10. The number of carbonyl (C=O) groups excluding carboxylic acids is 1. The molecule has 0 amide bonds. The summed E-state index contributed by atoms with van der Waals surface area (Å²) in [7, 11) is 1.34. The van der Waals surface area contributed by atoms with E-state index >= 15 is 0 Å². The van der Waals surface area contributed by atoms with Crippen molar-refractivity contribution in [2.45, 2.75) is 20.0 Å². The number of carboxylic acid groups (broad SMARTS) is 1. The first-order chi connectivity index (χ1) is 11.9. The third-order valence-electron chi connectivity index (χ3n) is 3.51. The van der Waals surface area contributed by atoms with Gasteiger partial charge < -0.3 is 14.6 Å². The Hall–Kier alpha value is -3.15. The molecule has 0 radical (unpaired) electrons. The van der Waals surface area contributed by atoms with Crippen LogP contribution in [-0.2, 0) is 9.53 Å². The molecule has 130 valence electrons. The number of carbonyl (C=O) groups is 2. The van der Waals surface area contributed by atoms with Crippen LogP contribution in [0.2, 0.25) is 0 Å². The molecule has 0 aliphatic rings. The van der Waals surface area contributed by atoms with Crippen molar-refractivity contribution in [3.63, 3.8) is 0 Å². The van der Waals surface area contributed by atoms with Crippen LogP contribution in [0.3, 0.4) is 0 Å². The van der Waals surface area contributed by atoms with Crippen molar-refractivity contribution >= 4 is 23.8 Å². The molecule has 0 bridgehead atoms. The van der Waals surface area contributed by atoms with Crippen molar-refractivity contribution in [2.24, 2.45) is 4.99 Å². The molecular formula is C19H19NO5. The highest BCUT2D eigenvalue weighted by molar-refractivity contribution is 5.90. The lowest BCUT2D eigenvalue weighted by Crippen LogP contribution is -2.22. The zero-order chi connectivity index (χ0) is 18.4. The van der Waals surface area contributed by atoms with E-state index in [2.05, 4.69) is 9.73 Å². The maximum absolute atomic E-state index is 11.5. The average molecular weight is 341 g/mol. The first kappa shape index (κ1) is 18.2. The van der Waals surface area contributed by atoms with Crippen LogP contribution in [0.25, 0.3) is 0 Å². The third kappa shape index (κ3) is 4.91. The van der Waals surface area contributed by atoms with Crippen molar-refractivity contribution in [1.29, 1.82) is 0 Å². The number of hydrogen-bond donors (Lipinski definition) is 1. The molecule has 1 N–H and O–H groups in total. The molecule has 0 aliphatic carbocycles. The largest absolute Gasteiger partial charge is 0.479 e. The number of nitrogens with zero attached hydrogens (tertiary/aromatic N) is 1. The van der Waals surface area contributed by atoms with Crippen molar-refractivity contribution in [1.82, 2.24) is 0 Å². The number of aliphatic carboxylic acids is 1. The van der Waals surface area contributed by atoms with Gasteiger partial charge in [0, 0.05) is 6.21 Å². The topological polar surface area (TPSA) is 85.2 Å². The minimum Gasteiger partial charge on any atom is -0.479 e. The van der Waals surface area contributed by atoms with Crippen LogP contribution in [0.15, 0.2) is 47.5 Å². The summed E-state index contributed by atoms with van der Waals surface area (Å²) in [6.45, 7) is 3.34. The summed E-state index contributed by atoms with van der Waals surface area (Å²) in [4.78, 5) is 26.7. The maximum Gasteiger partial charge on any atom is 0.344 e. The third-order valence-corrected chi connectivity index (χ3v) is 3.51. The second-order valence-electron chi connectivity index (χ2n) is 5.42. The summed E-state index contributed by atoms with van der Waals surface area (Å²) >= 11 is 0. The fourth-order valence-corrected chi connectivity index (χ4v) is 2.08. The second-order valence-corrected chi connectivity index (χ2v) is 5.42. The predicted octanol–water partition coefficient (Wildman–Crippen LogP) is 3.38. The van der Waals surface area contributed by atoms with Gasteiger partial charge in [-0.2, -0.15) is 0 Å². The molecule has 1 atom stereocenters. The normalized spacial score (nSPS) is 12.0. The average Bonchev–Trinajstić information content (AvgIpc) is 2.61. The lowest BCUT2D eigenvalue weighted by atomic mass is 10.1. The van der Waals surface area contributed by atoms with Crippen LogP contribution in [0, 0.1) is 6.92 Å². The Morgan fingerprint density at radius 1 is 1.16 bits per heavy atom. The Labute approximate surface area is 145 Å². The first-order valence-electron chi connectivity index (χ1n) is 7.63. The molecule has 6 heteroatoms. The summed E-state index contributed by atoms with van der Waals surface area (Å²) in [5.74, 6) is -0.924. The van der Waals surface area contributed by atoms with Gasteiger partial charge in [-0.1, -0.05) is 0 Å². The molecule has 2 aromatic carbocycles. The Kier molecular flexibility index (Phi) is 5.89. The van der Waals surface area contributed by atoms with Gasteiger partial charge in [-0.25, -0.2) is 9.59 Å². The van der Waals surface area contributed by atoms with E-state index < -0.39 is 12.1 Å². The molecule has 0 spiro atoms. The molecule has 2 aromatic rings. The van der Waals surface area contributed by atoms with E-state index in [1.165, 1.54) is 14.0 Å². The molecule has 0 saturated carbocycles. The van der Waals surface area contributed by atoms with Crippen LogP contribution in [0.1, 0.15) is 28.4 Å². The highest BCUT2D eigenvalue weighted by atomic mass is 16.5. The van der Waals surface area contributed by atoms with E-state index in [0.29, 0.717) is 11.3 Å². The molecule has 25 heavy (non-hydrogen) atoms. The Morgan fingerprint density at radius 2 is 1.84 bits per heavy atom. The Morgan fingerprint density at radius 3 is 2.40 bits per heavy atom. The predicted molar refractivity (Wildman–Crippen MR) is 93.9 cm³/mol. The second kappa shape index (κ2) is 8.10. The van der Waals surface area contributed by atoms with E-state index in [1.807, 2.05) is 6.92 Å². The number of aliphatic imine (C=N–C) groups is 1. The summed E-state index contributed by atoms with van der Waals surface area (Å²) in [5, 5.41) is 8.83. The standard InChI is InChI=1S/C19H19NO5/c1-12-10-15(19(23)24-3)6-9-17(12)20-11-14-4-7-16(8-5-14)25-13(2)18(21)22/h4-11,13H,1-3H3,(H,21,22)/t13-/m1/s1. The quantitative estimate of drug-likeness (QED) is 0.643. The monoisotopic (exact) mass is 341 g/mol. The molecule has 0 aliphatic heterocycles. The number of hydrogen-bond acceptors (Lipinski definition) is 5.